The lowest BCUT2D eigenvalue weighted by Crippen LogP contribution is -2.35. The summed E-state index contributed by atoms with van der Waals surface area (Å²) < 4.78 is 25.0. The van der Waals surface area contributed by atoms with Crippen molar-refractivity contribution in [3.63, 3.8) is 0 Å². The Morgan fingerprint density at radius 1 is 1.13 bits per heavy atom. The summed E-state index contributed by atoms with van der Waals surface area (Å²) in [6.45, 7) is 1.03. The Kier molecular flexibility index (Phi) is 8.62. The second-order valence-electron chi connectivity index (χ2n) is 7.02. The number of carbonyl (C=O) groups excluding carboxylic acids is 1. The summed E-state index contributed by atoms with van der Waals surface area (Å²) >= 11 is 7.46. The van der Waals surface area contributed by atoms with E-state index in [4.69, 9.17) is 11.6 Å². The number of sulfone groups is 1. The number of benzene rings is 2. The Hall–Kier alpha value is -1.97. The van der Waals surface area contributed by atoms with E-state index in [9.17, 15) is 13.2 Å². The van der Waals surface area contributed by atoms with Crippen LogP contribution in [0.15, 0.2) is 53.4 Å². The Morgan fingerprint density at radius 3 is 2.48 bits per heavy atom. The number of carbonyl (C=O) groups is 1. The summed E-state index contributed by atoms with van der Waals surface area (Å²) in [5, 5.41) is 1.01. The standard InChI is InChI=1S/C21H22ClN3O3S2.ClH/c1-24(2)13-14-25(19(26)12-11-15-7-4-5-8-16(15)22)21-23-20-17(29-21)9-6-10-18(20)30(3,27)28;/h4-12H,13-14H2,1-3H3;1H. The van der Waals surface area contributed by atoms with E-state index in [-0.39, 0.29) is 23.2 Å². The molecule has 0 atom stereocenters. The molecule has 10 heteroatoms. The molecule has 0 aliphatic carbocycles. The number of likely N-dealkylation sites (N-methyl/N-ethyl adjacent to an activating group) is 1. The molecule has 0 spiro atoms. The van der Waals surface area contributed by atoms with Crippen LogP contribution >= 0.6 is 35.3 Å². The van der Waals surface area contributed by atoms with Crippen LogP contribution in [0.2, 0.25) is 5.02 Å². The van der Waals surface area contributed by atoms with E-state index in [0.29, 0.717) is 33.5 Å². The van der Waals surface area contributed by atoms with Gasteiger partial charge in [-0.2, -0.15) is 0 Å². The van der Waals surface area contributed by atoms with Crippen LogP contribution in [-0.4, -0.2) is 57.6 Å². The quantitative estimate of drug-likeness (QED) is 0.451. The van der Waals surface area contributed by atoms with Gasteiger partial charge < -0.3 is 4.90 Å². The second-order valence-corrected chi connectivity index (χ2v) is 10.4. The molecule has 0 fully saturated rings. The highest BCUT2D eigenvalue weighted by molar-refractivity contribution is 7.91. The predicted octanol–water partition coefficient (Wildman–Crippen LogP) is 4.38. The summed E-state index contributed by atoms with van der Waals surface area (Å²) in [6, 6.07) is 12.3. The first-order valence-electron chi connectivity index (χ1n) is 9.15. The van der Waals surface area contributed by atoms with Crippen molar-refractivity contribution in [1.82, 2.24) is 9.88 Å². The summed E-state index contributed by atoms with van der Waals surface area (Å²) in [7, 11) is 0.403. The lowest BCUT2D eigenvalue weighted by molar-refractivity contribution is -0.114. The molecule has 2 aromatic carbocycles. The second kappa shape index (κ2) is 10.6. The molecule has 1 aromatic heterocycles. The minimum Gasteiger partial charge on any atom is -0.308 e. The third kappa shape index (κ3) is 6.27. The Labute approximate surface area is 197 Å². The maximum Gasteiger partial charge on any atom is 0.252 e. The van der Waals surface area contributed by atoms with Crippen LogP contribution in [0.4, 0.5) is 5.13 Å². The van der Waals surface area contributed by atoms with Crippen LogP contribution in [0, 0.1) is 0 Å². The number of halogens is 2. The van der Waals surface area contributed by atoms with Gasteiger partial charge in [-0.1, -0.05) is 47.2 Å². The van der Waals surface area contributed by atoms with E-state index < -0.39 is 9.84 Å². The molecule has 1 heterocycles. The molecule has 0 bridgehead atoms. The number of aromatic nitrogens is 1. The van der Waals surface area contributed by atoms with Gasteiger partial charge in [0.25, 0.3) is 5.91 Å². The Morgan fingerprint density at radius 2 is 1.84 bits per heavy atom. The van der Waals surface area contributed by atoms with Crippen LogP contribution in [0.25, 0.3) is 16.3 Å². The van der Waals surface area contributed by atoms with E-state index >= 15 is 0 Å². The van der Waals surface area contributed by atoms with Gasteiger partial charge in [0.1, 0.15) is 5.52 Å². The molecule has 0 saturated carbocycles. The number of rotatable bonds is 7. The van der Waals surface area contributed by atoms with E-state index in [1.807, 2.05) is 37.2 Å². The number of nitrogens with zero attached hydrogens (tertiary/aromatic N) is 3. The molecule has 0 radical (unpaired) electrons. The van der Waals surface area contributed by atoms with Gasteiger partial charge in [-0.25, -0.2) is 13.4 Å². The zero-order valence-corrected chi connectivity index (χ0v) is 20.5. The fraction of sp³-hybridized carbons (Fsp3) is 0.238. The fourth-order valence-corrected chi connectivity index (χ4v) is 4.91. The minimum atomic E-state index is -3.43. The monoisotopic (exact) mass is 499 g/mol. The molecule has 3 rings (SSSR count). The highest BCUT2D eigenvalue weighted by Gasteiger charge is 2.21. The third-order valence-corrected chi connectivity index (χ3v) is 6.86. The maximum absolute atomic E-state index is 13.0. The predicted molar refractivity (Wildman–Crippen MR) is 131 cm³/mol. The average molecular weight is 500 g/mol. The van der Waals surface area contributed by atoms with Gasteiger partial charge in [0.2, 0.25) is 0 Å². The zero-order chi connectivity index (χ0) is 21.9. The molecule has 0 unspecified atom stereocenters. The first kappa shape index (κ1) is 25.3. The van der Waals surface area contributed by atoms with Crippen molar-refractivity contribution in [1.29, 1.82) is 0 Å². The van der Waals surface area contributed by atoms with Crippen LogP contribution in [0.3, 0.4) is 0 Å². The van der Waals surface area contributed by atoms with Crippen molar-refractivity contribution in [2.75, 3.05) is 38.3 Å². The van der Waals surface area contributed by atoms with Crippen molar-refractivity contribution in [3.05, 3.63) is 59.1 Å². The number of hydrogen-bond donors (Lipinski definition) is 0. The highest BCUT2D eigenvalue weighted by atomic mass is 35.5. The number of hydrogen-bond acceptors (Lipinski definition) is 6. The summed E-state index contributed by atoms with van der Waals surface area (Å²) in [5.74, 6) is -0.253. The summed E-state index contributed by atoms with van der Waals surface area (Å²) in [5.41, 5.74) is 1.13. The van der Waals surface area contributed by atoms with E-state index in [2.05, 4.69) is 4.98 Å². The van der Waals surface area contributed by atoms with Gasteiger partial charge in [0, 0.05) is 30.4 Å². The van der Waals surface area contributed by atoms with Crippen molar-refractivity contribution >= 4 is 72.5 Å². The summed E-state index contributed by atoms with van der Waals surface area (Å²) in [4.78, 5) is 21.2. The van der Waals surface area contributed by atoms with Crippen LogP contribution in [0.5, 0.6) is 0 Å². The van der Waals surface area contributed by atoms with Crippen LogP contribution in [0.1, 0.15) is 5.56 Å². The number of thiazole rings is 1. The van der Waals surface area contributed by atoms with Gasteiger partial charge in [-0.05, 0) is 43.9 Å². The SMILES string of the molecule is CN(C)CCN(C(=O)C=Cc1ccccc1Cl)c1nc2c(S(C)(=O)=O)cccc2s1.Cl. The van der Waals surface area contributed by atoms with Crippen molar-refractivity contribution in [2.45, 2.75) is 4.90 Å². The number of para-hydroxylation sites is 1. The third-order valence-electron chi connectivity index (χ3n) is 4.35. The first-order valence-corrected chi connectivity index (χ1v) is 12.2. The molecule has 0 aliphatic heterocycles. The molecule has 0 N–H and O–H groups in total. The van der Waals surface area contributed by atoms with E-state index in [1.165, 1.54) is 23.5 Å². The fourth-order valence-electron chi connectivity index (χ4n) is 2.79. The van der Waals surface area contributed by atoms with Gasteiger partial charge >= 0.3 is 0 Å². The molecular weight excluding hydrogens is 477 g/mol. The molecule has 166 valence electrons. The highest BCUT2D eigenvalue weighted by Crippen LogP contribution is 2.32. The molecule has 6 nitrogen and oxygen atoms in total. The molecule has 1 amide bonds. The van der Waals surface area contributed by atoms with Gasteiger partial charge in [-0.3, -0.25) is 9.69 Å². The lowest BCUT2D eigenvalue weighted by atomic mass is 10.2. The number of amides is 1. The van der Waals surface area contributed by atoms with E-state index in [1.54, 1.807) is 29.2 Å². The van der Waals surface area contributed by atoms with Crippen LogP contribution in [-0.2, 0) is 14.6 Å². The zero-order valence-electron chi connectivity index (χ0n) is 17.3. The maximum atomic E-state index is 13.0. The van der Waals surface area contributed by atoms with Crippen molar-refractivity contribution < 1.29 is 13.2 Å². The first-order chi connectivity index (χ1) is 14.2. The smallest absolute Gasteiger partial charge is 0.252 e. The average Bonchev–Trinajstić information content (AvgIpc) is 3.10. The lowest BCUT2D eigenvalue weighted by Gasteiger charge is -2.20. The molecule has 3 aromatic rings. The number of fused-ring (bicyclic) bond motifs is 1. The Balaban J connectivity index is 0.00000341. The Bertz CT molecular complexity index is 1210. The molecule has 0 saturated heterocycles. The normalized spacial score (nSPS) is 11.8. The topological polar surface area (TPSA) is 70.6 Å². The minimum absolute atomic E-state index is 0. The van der Waals surface area contributed by atoms with Crippen LogP contribution < -0.4 is 4.90 Å². The van der Waals surface area contributed by atoms with E-state index in [0.717, 1.165) is 11.8 Å². The molecule has 0 aliphatic rings. The van der Waals surface area contributed by atoms with Gasteiger partial charge in [-0.15, -0.1) is 12.4 Å². The summed E-state index contributed by atoms with van der Waals surface area (Å²) in [6.07, 6.45) is 4.28. The van der Waals surface area contributed by atoms with Gasteiger partial charge in [0.15, 0.2) is 15.0 Å². The molecular formula is C21H23Cl2N3O3S2. The molecule has 31 heavy (non-hydrogen) atoms. The number of anilines is 1. The van der Waals surface area contributed by atoms with Crippen molar-refractivity contribution in [2.24, 2.45) is 0 Å². The van der Waals surface area contributed by atoms with Crippen molar-refractivity contribution in [3.8, 4) is 0 Å². The van der Waals surface area contributed by atoms with Gasteiger partial charge in [0.05, 0.1) is 9.60 Å². The largest absolute Gasteiger partial charge is 0.308 e.